The van der Waals surface area contributed by atoms with Crippen LogP contribution in [0.5, 0.6) is 11.5 Å². The van der Waals surface area contributed by atoms with Gasteiger partial charge in [0.15, 0.2) is 0 Å². The minimum Gasteiger partial charge on any atom is -0.509 e. The van der Waals surface area contributed by atoms with Crippen LogP contribution in [0.1, 0.15) is 26.3 Å². The van der Waals surface area contributed by atoms with Crippen molar-refractivity contribution in [2.75, 3.05) is 9.80 Å². The Morgan fingerprint density at radius 3 is 2.03 bits per heavy atom. The summed E-state index contributed by atoms with van der Waals surface area (Å²) in [6.07, 6.45) is 1.90. The quantitative estimate of drug-likeness (QED) is 0.155. The fourth-order valence-electron chi connectivity index (χ4n) is 8.30. The number of aromatic nitrogens is 2. The average molecular weight is 961 g/mol. The molecule has 59 heavy (non-hydrogen) atoms. The van der Waals surface area contributed by atoms with Crippen molar-refractivity contribution in [3.8, 4) is 39.6 Å². The first kappa shape index (κ1) is 37.2. The molecule has 5 nitrogen and oxygen atoms in total. The molecule has 9 aromatic rings. The molecule has 0 spiro atoms. The molecule has 290 valence electrons. The van der Waals surface area contributed by atoms with Gasteiger partial charge in [0.1, 0.15) is 5.82 Å². The summed E-state index contributed by atoms with van der Waals surface area (Å²) in [5.74, 6) is 2.09. The number of anilines is 4. The second-order valence-corrected chi connectivity index (χ2v) is 16.8. The van der Waals surface area contributed by atoms with E-state index in [0.29, 0.717) is 11.5 Å². The van der Waals surface area contributed by atoms with Gasteiger partial charge in [-0.2, -0.15) is 23.9 Å². The summed E-state index contributed by atoms with van der Waals surface area (Å²) in [6.45, 7) is 8.90. The molecule has 0 fully saturated rings. The maximum Gasteiger partial charge on any atom is 0.135 e. The molecule has 0 aliphatic carbocycles. The summed E-state index contributed by atoms with van der Waals surface area (Å²) >= 11 is 1.77. The number of hydrogen-bond donors (Lipinski definition) is 0. The molecule has 11 rings (SSSR count). The Labute approximate surface area is 363 Å². The van der Waals surface area contributed by atoms with Gasteiger partial charge < -0.3 is 19.1 Å². The number of hydrogen-bond acceptors (Lipinski definition) is 5. The van der Waals surface area contributed by atoms with Crippen LogP contribution >= 0.6 is 11.8 Å². The SMILES string of the molecule is CC(C)(C)c1ccnc(-n2c3[c-]c(Oc4[c-]c5c(cc4)Sc4cccc6c4N5[CH-]N6c4c(-c5ccccc5)cccc4-c4ccccc4)ccc3c3ccccc32)c1.[Pt]. The molecule has 2 aromatic heterocycles. The van der Waals surface area contributed by atoms with E-state index >= 15 is 0 Å². The van der Waals surface area contributed by atoms with Crippen LogP contribution in [0.2, 0.25) is 0 Å². The van der Waals surface area contributed by atoms with Crippen molar-refractivity contribution in [2.24, 2.45) is 0 Å². The van der Waals surface area contributed by atoms with E-state index in [2.05, 4.69) is 200 Å². The molecule has 0 saturated heterocycles. The van der Waals surface area contributed by atoms with Crippen LogP contribution in [-0.4, -0.2) is 9.55 Å². The number of para-hydroxylation sites is 3. The Bertz CT molecular complexity index is 2990. The van der Waals surface area contributed by atoms with E-state index < -0.39 is 0 Å². The average Bonchev–Trinajstić information content (AvgIpc) is 3.81. The molecule has 7 heteroatoms. The van der Waals surface area contributed by atoms with E-state index in [1.165, 1.54) is 10.5 Å². The Morgan fingerprint density at radius 1 is 0.610 bits per heavy atom. The fraction of sp³-hybridized carbons (Fsp3) is 0.0769. The molecule has 0 N–H and O–H groups in total. The molecule has 4 heterocycles. The van der Waals surface area contributed by atoms with Crippen molar-refractivity contribution in [1.29, 1.82) is 0 Å². The molecule has 7 aromatic carbocycles. The van der Waals surface area contributed by atoms with Crippen molar-refractivity contribution in [3.05, 3.63) is 188 Å². The molecule has 2 aliphatic heterocycles. The van der Waals surface area contributed by atoms with E-state index in [-0.39, 0.29) is 26.5 Å². The van der Waals surface area contributed by atoms with Gasteiger partial charge in [0.25, 0.3) is 0 Å². The number of fused-ring (bicyclic) bond motifs is 5. The number of nitrogens with zero attached hydrogens (tertiary/aromatic N) is 4. The van der Waals surface area contributed by atoms with Crippen molar-refractivity contribution < 1.29 is 25.8 Å². The van der Waals surface area contributed by atoms with Gasteiger partial charge in [0, 0.05) is 77.4 Å². The third-order valence-corrected chi connectivity index (χ3v) is 12.2. The largest absolute Gasteiger partial charge is 0.509 e. The van der Waals surface area contributed by atoms with E-state index in [1.54, 1.807) is 11.8 Å². The fourth-order valence-corrected chi connectivity index (χ4v) is 9.37. The van der Waals surface area contributed by atoms with Gasteiger partial charge in [-0.15, -0.1) is 36.3 Å². The second-order valence-electron chi connectivity index (χ2n) is 15.7. The van der Waals surface area contributed by atoms with Crippen molar-refractivity contribution in [3.63, 3.8) is 0 Å². The number of pyridine rings is 1. The standard InChI is InChI=1S/C52H37N4OS.Pt/c1-52(2,3)36-28-29-53-49(30-36)56-43-21-11-10-18-41(43)42-26-24-37(31-45(42)56)57-38-25-27-47-46(32-38)55-33-54(44-22-13-23-48(58-47)51(44)55)50-39(34-14-6-4-7-15-34)19-12-20-40(50)35-16-8-5-9-17-35;/h4-30,33H,1-3H3;/q-3;. The van der Waals surface area contributed by atoms with E-state index in [0.717, 1.165) is 77.5 Å². The first-order valence-electron chi connectivity index (χ1n) is 19.5. The van der Waals surface area contributed by atoms with Crippen LogP contribution in [0.3, 0.4) is 0 Å². The third-order valence-electron chi connectivity index (χ3n) is 11.1. The summed E-state index contributed by atoms with van der Waals surface area (Å²) in [4.78, 5) is 11.8. The summed E-state index contributed by atoms with van der Waals surface area (Å²) in [5.41, 5.74) is 12.2. The Morgan fingerprint density at radius 2 is 1.29 bits per heavy atom. The summed E-state index contributed by atoms with van der Waals surface area (Å²) in [5, 5.41) is 2.24. The van der Waals surface area contributed by atoms with Gasteiger partial charge in [-0.3, -0.25) is 0 Å². The van der Waals surface area contributed by atoms with Gasteiger partial charge in [0.05, 0.1) is 0 Å². The van der Waals surface area contributed by atoms with Gasteiger partial charge in [-0.25, -0.2) is 4.98 Å². The zero-order valence-corrected chi connectivity index (χ0v) is 35.7. The van der Waals surface area contributed by atoms with Crippen molar-refractivity contribution in [2.45, 2.75) is 36.0 Å². The molecule has 0 unspecified atom stereocenters. The first-order valence-corrected chi connectivity index (χ1v) is 20.4. The van der Waals surface area contributed by atoms with Gasteiger partial charge in [0.2, 0.25) is 0 Å². The topological polar surface area (TPSA) is 33.5 Å². The molecule has 0 saturated carbocycles. The summed E-state index contributed by atoms with van der Waals surface area (Å²) in [6, 6.07) is 62.9. The molecule has 0 radical (unpaired) electrons. The Balaban J connectivity index is 0.00000420. The minimum absolute atomic E-state index is 0. The van der Waals surface area contributed by atoms with Crippen LogP contribution in [0, 0.1) is 18.8 Å². The molecular formula is C52H37N4OPtS-3. The maximum atomic E-state index is 6.67. The number of ether oxygens (including phenoxy) is 1. The third kappa shape index (κ3) is 6.34. The van der Waals surface area contributed by atoms with Gasteiger partial charge >= 0.3 is 0 Å². The van der Waals surface area contributed by atoms with Crippen LogP contribution in [0.15, 0.2) is 174 Å². The van der Waals surface area contributed by atoms with Crippen LogP contribution in [0.4, 0.5) is 22.7 Å². The maximum absolute atomic E-state index is 6.67. The van der Waals surface area contributed by atoms with E-state index in [4.69, 9.17) is 9.72 Å². The first-order chi connectivity index (χ1) is 28.4. The minimum atomic E-state index is -0.0183. The van der Waals surface area contributed by atoms with Crippen LogP contribution in [-0.2, 0) is 26.5 Å². The van der Waals surface area contributed by atoms with Crippen molar-refractivity contribution >= 4 is 56.3 Å². The molecular weight excluding hydrogens is 924 g/mol. The van der Waals surface area contributed by atoms with Crippen LogP contribution in [0.25, 0.3) is 49.9 Å². The monoisotopic (exact) mass is 960 g/mol. The predicted octanol–water partition coefficient (Wildman–Crippen LogP) is 14.1. The van der Waals surface area contributed by atoms with Gasteiger partial charge in [-0.05, 0) is 57.8 Å². The molecule has 0 bridgehead atoms. The zero-order valence-electron chi connectivity index (χ0n) is 32.6. The molecule has 0 atom stereocenters. The van der Waals surface area contributed by atoms with E-state index in [1.807, 2.05) is 18.3 Å². The second kappa shape index (κ2) is 14.6. The summed E-state index contributed by atoms with van der Waals surface area (Å²) < 4.78 is 8.87. The predicted molar refractivity (Wildman–Crippen MR) is 238 cm³/mol. The normalized spacial score (nSPS) is 13.0. The smallest absolute Gasteiger partial charge is 0.135 e. The summed E-state index contributed by atoms with van der Waals surface area (Å²) in [7, 11) is 0. The van der Waals surface area contributed by atoms with Crippen LogP contribution < -0.4 is 14.5 Å². The molecule has 0 amide bonds. The van der Waals surface area contributed by atoms with Gasteiger partial charge in [-0.1, -0.05) is 140 Å². The van der Waals surface area contributed by atoms with Crippen molar-refractivity contribution in [1.82, 2.24) is 9.55 Å². The Hall–Kier alpha value is -6.07. The molecule has 2 aliphatic rings. The van der Waals surface area contributed by atoms with E-state index in [9.17, 15) is 0 Å². The number of benzene rings is 7. The zero-order chi connectivity index (χ0) is 39.0. The number of rotatable bonds is 6. The Kier molecular flexibility index (Phi) is 9.23.